The second kappa shape index (κ2) is 8.20. The first-order valence-corrected chi connectivity index (χ1v) is 8.87. The van der Waals surface area contributed by atoms with Crippen LogP contribution >= 0.6 is 23.2 Å². The van der Waals surface area contributed by atoms with Gasteiger partial charge in [-0.2, -0.15) is 0 Å². The van der Waals surface area contributed by atoms with Crippen molar-refractivity contribution >= 4 is 23.2 Å². The highest BCUT2D eigenvalue weighted by molar-refractivity contribution is 6.35. The fourth-order valence-corrected chi connectivity index (χ4v) is 3.36. The van der Waals surface area contributed by atoms with E-state index in [4.69, 9.17) is 32.7 Å². The lowest BCUT2D eigenvalue weighted by Crippen LogP contribution is -2.11. The van der Waals surface area contributed by atoms with Crippen LogP contribution < -0.4 is 15.0 Å². The Morgan fingerprint density at radius 1 is 1.00 bits per heavy atom. The summed E-state index contributed by atoms with van der Waals surface area (Å²) in [4.78, 5) is 14.6. The van der Waals surface area contributed by atoms with Crippen molar-refractivity contribution in [2.75, 3.05) is 14.2 Å². The summed E-state index contributed by atoms with van der Waals surface area (Å²) in [6.07, 6.45) is 1.39. The molecule has 0 aliphatic carbocycles. The van der Waals surface area contributed by atoms with Crippen LogP contribution in [0, 0.1) is 11.6 Å². The van der Waals surface area contributed by atoms with Crippen LogP contribution in [0.4, 0.5) is 8.78 Å². The zero-order valence-corrected chi connectivity index (χ0v) is 16.4. The van der Waals surface area contributed by atoms with Gasteiger partial charge in [0.05, 0.1) is 19.2 Å². The molecule has 0 saturated carbocycles. The van der Waals surface area contributed by atoms with Gasteiger partial charge >= 0.3 is 0 Å². The Balaban J connectivity index is 2.23. The van der Waals surface area contributed by atoms with E-state index >= 15 is 0 Å². The number of aromatic amines is 1. The Morgan fingerprint density at radius 2 is 1.75 bits per heavy atom. The van der Waals surface area contributed by atoms with Crippen LogP contribution in [-0.2, 0) is 6.42 Å². The highest BCUT2D eigenvalue weighted by atomic mass is 35.5. The number of aromatic nitrogens is 1. The van der Waals surface area contributed by atoms with E-state index in [-0.39, 0.29) is 22.0 Å². The maximum absolute atomic E-state index is 14.2. The van der Waals surface area contributed by atoms with Gasteiger partial charge in [-0.15, -0.1) is 0 Å². The zero-order chi connectivity index (χ0) is 20.4. The number of hydrogen-bond acceptors (Lipinski definition) is 3. The van der Waals surface area contributed by atoms with Gasteiger partial charge in [-0.1, -0.05) is 29.3 Å². The molecular weight excluding hydrogens is 411 g/mol. The molecule has 8 heteroatoms. The zero-order valence-electron chi connectivity index (χ0n) is 14.9. The quantitative estimate of drug-likeness (QED) is 0.608. The van der Waals surface area contributed by atoms with E-state index in [1.54, 1.807) is 12.1 Å². The summed E-state index contributed by atoms with van der Waals surface area (Å²) in [5.74, 6) is -0.606. The van der Waals surface area contributed by atoms with Gasteiger partial charge in [0.25, 0.3) is 5.56 Å². The Morgan fingerprint density at radius 3 is 2.39 bits per heavy atom. The second-order valence-electron chi connectivity index (χ2n) is 5.93. The minimum absolute atomic E-state index is 0.0416. The van der Waals surface area contributed by atoms with Crippen LogP contribution in [0.5, 0.6) is 11.5 Å². The molecule has 0 fully saturated rings. The standard InChI is InChI=1S/C20H15Cl2F2NO3/c1-27-12-7-14(18(21)17(8-12)28-2)15-9-25-20(26)19(22)13(15)5-10-3-4-11(23)6-16(10)24/h3-4,6-9H,5H2,1-2H3,(H,25,26). The number of methoxy groups -OCH3 is 2. The molecule has 1 heterocycles. The van der Waals surface area contributed by atoms with Crippen molar-refractivity contribution in [3.63, 3.8) is 0 Å². The molecule has 3 aromatic rings. The van der Waals surface area contributed by atoms with E-state index in [0.29, 0.717) is 28.2 Å². The monoisotopic (exact) mass is 425 g/mol. The van der Waals surface area contributed by atoms with Gasteiger partial charge in [0, 0.05) is 35.9 Å². The third-order valence-corrected chi connectivity index (χ3v) is 5.07. The summed E-state index contributed by atoms with van der Waals surface area (Å²) in [7, 11) is 2.94. The molecule has 4 nitrogen and oxygen atoms in total. The third kappa shape index (κ3) is 3.84. The molecule has 0 unspecified atom stereocenters. The molecule has 0 aliphatic heterocycles. The van der Waals surface area contributed by atoms with Crippen LogP contribution in [0.1, 0.15) is 11.1 Å². The Labute approximate surface area is 169 Å². The number of rotatable bonds is 5. The Bertz CT molecular complexity index is 1100. The lowest BCUT2D eigenvalue weighted by molar-refractivity contribution is 0.395. The Hall–Kier alpha value is -2.57. The normalized spacial score (nSPS) is 10.8. The van der Waals surface area contributed by atoms with Crippen molar-refractivity contribution in [3.8, 4) is 22.6 Å². The number of nitrogens with one attached hydrogen (secondary N) is 1. The van der Waals surface area contributed by atoms with E-state index in [2.05, 4.69) is 4.98 Å². The van der Waals surface area contributed by atoms with E-state index in [1.165, 1.54) is 26.5 Å². The first-order chi connectivity index (χ1) is 13.3. The predicted octanol–water partition coefficient (Wildman–Crippen LogP) is 5.23. The van der Waals surface area contributed by atoms with Gasteiger partial charge in [0.1, 0.15) is 28.2 Å². The summed E-state index contributed by atoms with van der Waals surface area (Å²) in [5, 5.41) is 0.159. The molecule has 0 amide bonds. The molecule has 0 saturated heterocycles. The van der Waals surface area contributed by atoms with E-state index in [0.717, 1.165) is 12.1 Å². The molecule has 3 rings (SSSR count). The predicted molar refractivity (Wildman–Crippen MR) is 105 cm³/mol. The molecule has 28 heavy (non-hydrogen) atoms. The van der Waals surface area contributed by atoms with E-state index in [1.807, 2.05) is 0 Å². The molecule has 1 N–H and O–H groups in total. The SMILES string of the molecule is COc1cc(OC)c(Cl)c(-c2c[nH]c(=O)c(Cl)c2Cc2ccc(F)cc2F)c1. The number of ether oxygens (including phenoxy) is 2. The first kappa shape index (κ1) is 20.2. The average Bonchev–Trinajstić information content (AvgIpc) is 2.68. The molecule has 0 radical (unpaired) electrons. The fourth-order valence-electron chi connectivity index (χ4n) is 2.85. The summed E-state index contributed by atoms with van der Waals surface area (Å²) in [6, 6.07) is 6.48. The molecule has 0 aliphatic rings. The van der Waals surface area contributed by atoms with E-state index in [9.17, 15) is 13.6 Å². The smallest absolute Gasteiger partial charge is 0.267 e. The summed E-state index contributed by atoms with van der Waals surface area (Å²) < 4.78 is 38.0. The Kier molecular flexibility index (Phi) is 5.91. The molecule has 2 aromatic carbocycles. The van der Waals surface area contributed by atoms with Gasteiger partial charge in [-0.3, -0.25) is 4.79 Å². The van der Waals surface area contributed by atoms with Crippen LogP contribution in [0.25, 0.3) is 11.1 Å². The minimum Gasteiger partial charge on any atom is -0.497 e. The second-order valence-corrected chi connectivity index (χ2v) is 6.68. The molecule has 0 bridgehead atoms. The van der Waals surface area contributed by atoms with E-state index < -0.39 is 17.2 Å². The number of H-pyrrole nitrogens is 1. The van der Waals surface area contributed by atoms with Crippen LogP contribution in [0.15, 0.2) is 41.3 Å². The lowest BCUT2D eigenvalue weighted by atomic mass is 9.96. The number of hydrogen-bond donors (Lipinski definition) is 1. The fraction of sp³-hybridized carbons (Fsp3) is 0.150. The first-order valence-electron chi connectivity index (χ1n) is 8.11. The van der Waals surface area contributed by atoms with Gasteiger partial charge in [-0.25, -0.2) is 8.78 Å². The van der Waals surface area contributed by atoms with Crippen molar-refractivity contribution in [1.29, 1.82) is 0 Å². The average molecular weight is 426 g/mol. The topological polar surface area (TPSA) is 51.3 Å². The molecule has 0 spiro atoms. The van der Waals surface area contributed by atoms with Crippen molar-refractivity contribution in [2.45, 2.75) is 6.42 Å². The maximum atomic E-state index is 14.2. The molecule has 0 atom stereocenters. The molecule has 1 aromatic heterocycles. The van der Waals surface area contributed by atoms with Crippen molar-refractivity contribution in [2.24, 2.45) is 0 Å². The van der Waals surface area contributed by atoms with Crippen molar-refractivity contribution < 1.29 is 18.3 Å². The van der Waals surface area contributed by atoms with Gasteiger partial charge in [0.2, 0.25) is 0 Å². The maximum Gasteiger partial charge on any atom is 0.267 e. The summed E-state index contributed by atoms with van der Waals surface area (Å²) in [5.41, 5.74) is 0.937. The summed E-state index contributed by atoms with van der Waals surface area (Å²) >= 11 is 12.7. The lowest BCUT2D eigenvalue weighted by Gasteiger charge is -2.16. The number of benzene rings is 2. The van der Waals surface area contributed by atoms with Gasteiger partial charge in [-0.05, 0) is 23.3 Å². The third-order valence-electron chi connectivity index (χ3n) is 4.28. The summed E-state index contributed by atoms with van der Waals surface area (Å²) in [6.45, 7) is 0. The van der Waals surface area contributed by atoms with Gasteiger partial charge < -0.3 is 14.5 Å². The van der Waals surface area contributed by atoms with Crippen LogP contribution in [0.3, 0.4) is 0 Å². The molecule has 146 valence electrons. The van der Waals surface area contributed by atoms with Crippen molar-refractivity contribution in [1.82, 2.24) is 4.98 Å². The highest BCUT2D eigenvalue weighted by Gasteiger charge is 2.20. The van der Waals surface area contributed by atoms with Crippen LogP contribution in [-0.4, -0.2) is 19.2 Å². The van der Waals surface area contributed by atoms with Crippen molar-refractivity contribution in [3.05, 3.63) is 79.7 Å². The highest BCUT2D eigenvalue weighted by Crippen LogP contribution is 2.41. The van der Waals surface area contributed by atoms with Gasteiger partial charge in [0.15, 0.2) is 0 Å². The number of pyridine rings is 1. The van der Waals surface area contributed by atoms with Crippen LogP contribution in [0.2, 0.25) is 10.0 Å². The minimum atomic E-state index is -0.739. The molecular formula is C20H15Cl2F2NO3. The number of halogens is 4. The largest absolute Gasteiger partial charge is 0.497 e.